The van der Waals surface area contributed by atoms with Gasteiger partial charge in [0, 0.05) is 12.6 Å². The third kappa shape index (κ3) is 3.45. The molecule has 1 aliphatic carbocycles. The predicted octanol–water partition coefficient (Wildman–Crippen LogP) is 3.49. The van der Waals surface area contributed by atoms with Gasteiger partial charge in [-0.2, -0.15) is 0 Å². The highest BCUT2D eigenvalue weighted by Crippen LogP contribution is 2.31. The van der Waals surface area contributed by atoms with E-state index < -0.39 is 0 Å². The van der Waals surface area contributed by atoms with Gasteiger partial charge < -0.3 is 10.5 Å². The van der Waals surface area contributed by atoms with Crippen molar-refractivity contribution >= 4 is 0 Å². The lowest BCUT2D eigenvalue weighted by molar-refractivity contribution is 0.101. The molecule has 0 bridgehead atoms. The van der Waals surface area contributed by atoms with Crippen molar-refractivity contribution in [1.29, 1.82) is 0 Å². The zero-order valence-corrected chi connectivity index (χ0v) is 11.2. The van der Waals surface area contributed by atoms with Crippen LogP contribution in [-0.2, 0) is 6.54 Å². The molecule has 1 aliphatic rings. The van der Waals surface area contributed by atoms with E-state index in [0.29, 0.717) is 24.1 Å². The van der Waals surface area contributed by atoms with Crippen molar-refractivity contribution in [3.05, 3.63) is 29.6 Å². The minimum atomic E-state index is -0.273. The molecule has 1 aromatic carbocycles. The second-order valence-corrected chi connectivity index (χ2v) is 5.66. The van der Waals surface area contributed by atoms with Gasteiger partial charge in [-0.25, -0.2) is 4.39 Å². The fourth-order valence-corrected chi connectivity index (χ4v) is 2.97. The van der Waals surface area contributed by atoms with Crippen molar-refractivity contribution in [1.82, 2.24) is 0 Å². The summed E-state index contributed by atoms with van der Waals surface area (Å²) in [5.74, 6) is 1.70. The lowest BCUT2D eigenvalue weighted by Gasteiger charge is -2.31. The summed E-state index contributed by atoms with van der Waals surface area (Å²) in [5, 5.41) is 0. The highest BCUT2D eigenvalue weighted by atomic mass is 19.1. The van der Waals surface area contributed by atoms with Crippen LogP contribution in [0, 0.1) is 17.7 Å². The minimum Gasteiger partial charge on any atom is -0.490 e. The van der Waals surface area contributed by atoms with Crippen LogP contribution in [-0.4, -0.2) is 6.10 Å². The van der Waals surface area contributed by atoms with Gasteiger partial charge in [0.1, 0.15) is 11.6 Å². The lowest BCUT2D eigenvalue weighted by atomic mass is 9.82. The van der Waals surface area contributed by atoms with Crippen molar-refractivity contribution in [3.8, 4) is 5.75 Å². The summed E-state index contributed by atoms with van der Waals surface area (Å²) in [6.45, 7) is 4.84. The smallest absolute Gasteiger partial charge is 0.127 e. The molecule has 0 aromatic heterocycles. The number of nitrogens with two attached hydrogens (primary N) is 1. The zero-order chi connectivity index (χ0) is 13.1. The van der Waals surface area contributed by atoms with Gasteiger partial charge in [0.2, 0.25) is 0 Å². The molecule has 18 heavy (non-hydrogen) atoms. The molecule has 1 fully saturated rings. The predicted molar refractivity (Wildman–Crippen MR) is 70.9 cm³/mol. The van der Waals surface area contributed by atoms with Crippen LogP contribution in [0.1, 0.15) is 38.7 Å². The number of hydrogen-bond donors (Lipinski definition) is 1. The van der Waals surface area contributed by atoms with Gasteiger partial charge in [-0.05, 0) is 48.8 Å². The quantitative estimate of drug-likeness (QED) is 0.892. The summed E-state index contributed by atoms with van der Waals surface area (Å²) < 4.78 is 19.3. The average Bonchev–Trinajstić information content (AvgIpc) is 2.26. The Bertz CT molecular complexity index is 397. The third-order valence-corrected chi connectivity index (χ3v) is 3.60. The van der Waals surface area contributed by atoms with Crippen molar-refractivity contribution in [2.45, 2.75) is 45.8 Å². The van der Waals surface area contributed by atoms with E-state index in [2.05, 4.69) is 13.8 Å². The summed E-state index contributed by atoms with van der Waals surface area (Å²) in [4.78, 5) is 0. The molecule has 0 amide bonds. The van der Waals surface area contributed by atoms with E-state index in [1.54, 1.807) is 0 Å². The van der Waals surface area contributed by atoms with E-state index in [4.69, 9.17) is 10.5 Å². The van der Waals surface area contributed by atoms with Gasteiger partial charge in [0.25, 0.3) is 0 Å². The van der Waals surface area contributed by atoms with Gasteiger partial charge in [0.15, 0.2) is 0 Å². The summed E-state index contributed by atoms with van der Waals surface area (Å²) in [7, 11) is 0. The Labute approximate surface area is 108 Å². The molecule has 0 heterocycles. The maximum atomic E-state index is 13.4. The van der Waals surface area contributed by atoms with Crippen LogP contribution in [0.5, 0.6) is 5.75 Å². The summed E-state index contributed by atoms with van der Waals surface area (Å²) >= 11 is 0. The Morgan fingerprint density at radius 3 is 2.44 bits per heavy atom. The lowest BCUT2D eigenvalue weighted by Crippen LogP contribution is -2.28. The van der Waals surface area contributed by atoms with E-state index in [1.165, 1.54) is 18.6 Å². The minimum absolute atomic E-state index is 0.205. The topological polar surface area (TPSA) is 35.2 Å². The Balaban J connectivity index is 2.06. The normalized spacial score (nSPS) is 28.1. The number of ether oxygens (including phenoxy) is 1. The highest BCUT2D eigenvalue weighted by Gasteiger charge is 2.25. The second-order valence-electron chi connectivity index (χ2n) is 5.66. The molecular formula is C15H22FNO. The molecule has 1 saturated carbocycles. The van der Waals surface area contributed by atoms with Gasteiger partial charge in [-0.3, -0.25) is 0 Å². The number of benzene rings is 1. The van der Waals surface area contributed by atoms with Crippen molar-refractivity contribution in [2.75, 3.05) is 0 Å². The van der Waals surface area contributed by atoms with Crippen LogP contribution in [0.4, 0.5) is 4.39 Å². The van der Waals surface area contributed by atoms with Crippen molar-refractivity contribution in [2.24, 2.45) is 17.6 Å². The molecule has 0 saturated heterocycles. The molecule has 2 N–H and O–H groups in total. The number of halogens is 1. The molecule has 0 radical (unpaired) electrons. The number of hydrogen-bond acceptors (Lipinski definition) is 2. The molecule has 0 aliphatic heterocycles. The Hall–Kier alpha value is -1.09. The summed E-state index contributed by atoms with van der Waals surface area (Å²) in [5.41, 5.74) is 6.32. The molecule has 1 aromatic rings. The van der Waals surface area contributed by atoms with Gasteiger partial charge in [-0.15, -0.1) is 0 Å². The largest absolute Gasteiger partial charge is 0.490 e. The van der Waals surface area contributed by atoms with Crippen LogP contribution in [0.15, 0.2) is 18.2 Å². The fraction of sp³-hybridized carbons (Fsp3) is 0.600. The first kappa shape index (κ1) is 13.3. The van der Waals surface area contributed by atoms with Gasteiger partial charge in [0.05, 0.1) is 6.10 Å². The second kappa shape index (κ2) is 5.70. The fourth-order valence-electron chi connectivity index (χ4n) is 2.97. The summed E-state index contributed by atoms with van der Waals surface area (Å²) in [6, 6.07) is 4.75. The van der Waals surface area contributed by atoms with E-state index in [9.17, 15) is 4.39 Å². The Morgan fingerprint density at radius 1 is 1.17 bits per heavy atom. The van der Waals surface area contributed by atoms with E-state index in [0.717, 1.165) is 18.4 Å². The summed E-state index contributed by atoms with van der Waals surface area (Å²) in [6.07, 6.45) is 3.57. The molecule has 0 spiro atoms. The SMILES string of the molecule is CC1CC(C)CC(Oc2cc(F)cc(CN)c2)C1. The molecule has 2 atom stereocenters. The maximum absolute atomic E-state index is 13.4. The van der Waals surface area contributed by atoms with Crippen LogP contribution >= 0.6 is 0 Å². The van der Waals surface area contributed by atoms with Crippen LogP contribution in [0.2, 0.25) is 0 Å². The van der Waals surface area contributed by atoms with Crippen molar-refractivity contribution in [3.63, 3.8) is 0 Å². The highest BCUT2D eigenvalue weighted by molar-refractivity contribution is 5.29. The van der Waals surface area contributed by atoms with Crippen LogP contribution in [0.25, 0.3) is 0 Å². The third-order valence-electron chi connectivity index (χ3n) is 3.60. The van der Waals surface area contributed by atoms with Gasteiger partial charge >= 0.3 is 0 Å². The Kier molecular flexibility index (Phi) is 4.23. The first-order chi connectivity index (χ1) is 8.56. The average molecular weight is 251 g/mol. The van der Waals surface area contributed by atoms with Gasteiger partial charge in [-0.1, -0.05) is 13.8 Å². The van der Waals surface area contributed by atoms with Crippen LogP contribution < -0.4 is 10.5 Å². The molecule has 100 valence electrons. The van der Waals surface area contributed by atoms with E-state index in [-0.39, 0.29) is 11.9 Å². The number of rotatable bonds is 3. The molecule has 2 unspecified atom stereocenters. The first-order valence-electron chi connectivity index (χ1n) is 6.73. The molecule has 3 heteroatoms. The maximum Gasteiger partial charge on any atom is 0.127 e. The zero-order valence-electron chi connectivity index (χ0n) is 11.2. The monoisotopic (exact) mass is 251 g/mol. The Morgan fingerprint density at radius 2 is 1.83 bits per heavy atom. The molecule has 2 nitrogen and oxygen atoms in total. The van der Waals surface area contributed by atoms with E-state index in [1.807, 2.05) is 6.07 Å². The first-order valence-corrected chi connectivity index (χ1v) is 6.73. The van der Waals surface area contributed by atoms with Crippen molar-refractivity contribution < 1.29 is 9.13 Å². The van der Waals surface area contributed by atoms with Crippen LogP contribution in [0.3, 0.4) is 0 Å². The van der Waals surface area contributed by atoms with E-state index >= 15 is 0 Å². The standard InChI is InChI=1S/C15H22FNO/c1-10-3-11(2)5-14(4-10)18-15-7-12(9-17)6-13(16)8-15/h6-8,10-11,14H,3-5,9,17H2,1-2H3. The molecule has 2 rings (SSSR count). The molecular weight excluding hydrogens is 229 g/mol.